The minimum atomic E-state index is 0.595. The molecule has 0 saturated heterocycles. The van der Waals surface area contributed by atoms with E-state index in [4.69, 9.17) is 25.7 Å². The number of nitrogens with zero attached hydrogens (tertiary/aromatic N) is 2. The van der Waals surface area contributed by atoms with Crippen LogP contribution in [0.3, 0.4) is 0 Å². The molecule has 0 aliphatic rings. The number of ether oxygens (including phenoxy) is 1. The quantitative estimate of drug-likeness (QED) is 0.453. The van der Waals surface area contributed by atoms with E-state index >= 15 is 0 Å². The fraction of sp³-hybridized carbons (Fsp3) is 0.0909. The van der Waals surface area contributed by atoms with Crippen LogP contribution in [0.5, 0.6) is 5.75 Å². The maximum atomic E-state index is 6.12. The second kappa shape index (κ2) is 7.64. The summed E-state index contributed by atoms with van der Waals surface area (Å²) in [5, 5.41) is 2.31. The lowest BCUT2D eigenvalue weighted by atomic mass is 10.1. The van der Waals surface area contributed by atoms with Gasteiger partial charge in [-0.15, -0.1) is 0 Å². The molecule has 134 valence electrons. The van der Waals surface area contributed by atoms with Crippen molar-refractivity contribution in [1.29, 1.82) is 0 Å². The summed E-state index contributed by atoms with van der Waals surface area (Å²) in [7, 11) is 0. The third-order valence-corrected chi connectivity index (χ3v) is 4.29. The summed E-state index contributed by atoms with van der Waals surface area (Å²) in [6.07, 6.45) is 1.72. The van der Waals surface area contributed by atoms with E-state index in [0.717, 1.165) is 27.6 Å². The maximum Gasteiger partial charge on any atom is 0.152 e. The molecule has 0 aliphatic carbocycles. The SMILES string of the molecule is CCOc1ccc2oc(-c3ccc(Cl)cc3)c/c(=N\c3ccccn3)c2c1. The topological polar surface area (TPSA) is 47.6 Å². The second-order valence-corrected chi connectivity index (χ2v) is 6.33. The molecule has 0 atom stereocenters. The molecular weight excluding hydrogens is 360 g/mol. The minimum absolute atomic E-state index is 0.595. The van der Waals surface area contributed by atoms with E-state index in [9.17, 15) is 0 Å². The van der Waals surface area contributed by atoms with Gasteiger partial charge < -0.3 is 9.15 Å². The lowest BCUT2D eigenvalue weighted by molar-refractivity contribution is 0.340. The van der Waals surface area contributed by atoms with E-state index in [1.54, 1.807) is 6.20 Å². The molecular formula is C22H17ClN2O2. The Morgan fingerprint density at radius 2 is 1.89 bits per heavy atom. The molecule has 0 amide bonds. The van der Waals surface area contributed by atoms with Crippen LogP contribution in [0.2, 0.25) is 5.02 Å². The second-order valence-electron chi connectivity index (χ2n) is 5.89. The molecule has 0 unspecified atom stereocenters. The van der Waals surface area contributed by atoms with Crippen molar-refractivity contribution in [2.24, 2.45) is 4.99 Å². The van der Waals surface area contributed by atoms with Crippen molar-refractivity contribution in [2.75, 3.05) is 6.61 Å². The van der Waals surface area contributed by atoms with Crippen molar-refractivity contribution in [2.45, 2.75) is 6.92 Å². The molecule has 0 bridgehead atoms. The molecule has 2 aromatic heterocycles. The normalized spacial score (nSPS) is 11.7. The number of halogens is 1. The van der Waals surface area contributed by atoms with Crippen LogP contribution in [-0.2, 0) is 0 Å². The van der Waals surface area contributed by atoms with Crippen molar-refractivity contribution >= 4 is 28.4 Å². The highest BCUT2D eigenvalue weighted by Gasteiger charge is 2.08. The highest BCUT2D eigenvalue weighted by atomic mass is 35.5. The molecule has 4 rings (SSSR count). The van der Waals surface area contributed by atoms with E-state index in [1.165, 1.54) is 0 Å². The molecule has 2 aromatic carbocycles. The Balaban J connectivity index is 1.96. The fourth-order valence-corrected chi connectivity index (χ4v) is 2.92. The highest BCUT2D eigenvalue weighted by Crippen LogP contribution is 2.26. The van der Waals surface area contributed by atoms with E-state index in [-0.39, 0.29) is 0 Å². The molecule has 4 nitrogen and oxygen atoms in total. The predicted octanol–water partition coefficient (Wildman–Crippen LogP) is 5.78. The number of aromatic nitrogens is 1. The summed E-state index contributed by atoms with van der Waals surface area (Å²) >= 11 is 6.01. The van der Waals surface area contributed by atoms with Crippen LogP contribution in [0.4, 0.5) is 5.82 Å². The molecule has 0 aliphatic heterocycles. The molecule has 2 heterocycles. The molecule has 0 saturated carbocycles. The van der Waals surface area contributed by atoms with Gasteiger partial charge in [-0.1, -0.05) is 17.7 Å². The first-order valence-corrected chi connectivity index (χ1v) is 9.03. The smallest absolute Gasteiger partial charge is 0.152 e. The van der Waals surface area contributed by atoms with Crippen molar-refractivity contribution in [1.82, 2.24) is 4.98 Å². The molecule has 0 radical (unpaired) electrons. The van der Waals surface area contributed by atoms with Crippen LogP contribution >= 0.6 is 11.6 Å². The van der Waals surface area contributed by atoms with Crippen LogP contribution in [-0.4, -0.2) is 11.6 Å². The molecule has 0 N–H and O–H groups in total. The van der Waals surface area contributed by atoms with Crippen molar-refractivity contribution in [3.63, 3.8) is 0 Å². The standard InChI is InChI=1S/C22H17ClN2O2/c1-2-26-17-10-11-20-18(13-17)19(25-22-5-3-4-12-24-22)14-21(27-20)15-6-8-16(23)9-7-15/h3-14H,2H2,1H3/b25-19+. The molecule has 5 heteroatoms. The first-order chi connectivity index (χ1) is 13.2. The van der Waals surface area contributed by atoms with Crippen molar-refractivity contribution in [3.05, 3.63) is 83.3 Å². The van der Waals surface area contributed by atoms with Gasteiger partial charge in [-0.3, -0.25) is 0 Å². The number of benzene rings is 2. The van der Waals surface area contributed by atoms with Gasteiger partial charge in [-0.05, 0) is 61.5 Å². The summed E-state index contributed by atoms with van der Waals surface area (Å²) in [4.78, 5) is 9.03. The zero-order chi connectivity index (χ0) is 18.6. The van der Waals surface area contributed by atoms with Gasteiger partial charge in [0.25, 0.3) is 0 Å². The van der Waals surface area contributed by atoms with Gasteiger partial charge in [-0.25, -0.2) is 9.98 Å². The van der Waals surface area contributed by atoms with Crippen LogP contribution in [0.25, 0.3) is 22.3 Å². The van der Waals surface area contributed by atoms with Gasteiger partial charge in [0.05, 0.1) is 12.0 Å². The largest absolute Gasteiger partial charge is 0.494 e. The van der Waals surface area contributed by atoms with Gasteiger partial charge in [0.15, 0.2) is 5.82 Å². The van der Waals surface area contributed by atoms with E-state index < -0.39 is 0 Å². The van der Waals surface area contributed by atoms with E-state index in [1.807, 2.05) is 73.7 Å². The average Bonchev–Trinajstić information content (AvgIpc) is 2.70. The number of hydrogen-bond acceptors (Lipinski definition) is 4. The van der Waals surface area contributed by atoms with E-state index in [0.29, 0.717) is 23.2 Å². The Bertz CT molecular complexity index is 1140. The Hall–Kier alpha value is -3.11. The number of rotatable bonds is 4. The third-order valence-electron chi connectivity index (χ3n) is 4.04. The van der Waals surface area contributed by atoms with Crippen LogP contribution in [0, 0.1) is 0 Å². The zero-order valence-electron chi connectivity index (χ0n) is 14.7. The zero-order valence-corrected chi connectivity index (χ0v) is 15.5. The Labute approximate surface area is 161 Å². The van der Waals surface area contributed by atoms with Crippen molar-refractivity contribution < 1.29 is 9.15 Å². The van der Waals surface area contributed by atoms with Gasteiger partial charge in [0.2, 0.25) is 0 Å². The summed E-state index contributed by atoms with van der Waals surface area (Å²) in [5.74, 6) is 2.11. The number of pyridine rings is 1. The van der Waals surface area contributed by atoms with Gasteiger partial charge in [0.1, 0.15) is 17.1 Å². The molecule has 0 spiro atoms. The summed E-state index contributed by atoms with van der Waals surface area (Å²) in [6, 6.07) is 20.8. The Morgan fingerprint density at radius 3 is 2.63 bits per heavy atom. The van der Waals surface area contributed by atoms with Crippen LogP contribution in [0.1, 0.15) is 6.92 Å². The van der Waals surface area contributed by atoms with Crippen molar-refractivity contribution in [3.8, 4) is 17.1 Å². The first-order valence-electron chi connectivity index (χ1n) is 8.65. The lowest BCUT2D eigenvalue weighted by Crippen LogP contribution is -2.04. The lowest BCUT2D eigenvalue weighted by Gasteiger charge is -2.08. The highest BCUT2D eigenvalue weighted by molar-refractivity contribution is 6.30. The van der Waals surface area contributed by atoms with Gasteiger partial charge in [0, 0.05) is 28.2 Å². The predicted molar refractivity (Wildman–Crippen MR) is 107 cm³/mol. The first kappa shape index (κ1) is 17.3. The molecule has 4 aromatic rings. The summed E-state index contributed by atoms with van der Waals surface area (Å²) < 4.78 is 11.8. The average molecular weight is 377 g/mol. The third kappa shape index (κ3) is 3.86. The van der Waals surface area contributed by atoms with Crippen LogP contribution < -0.4 is 10.1 Å². The number of hydrogen-bond donors (Lipinski definition) is 0. The minimum Gasteiger partial charge on any atom is -0.494 e. The Morgan fingerprint density at radius 1 is 1.04 bits per heavy atom. The monoisotopic (exact) mass is 376 g/mol. The number of fused-ring (bicyclic) bond motifs is 1. The molecule has 27 heavy (non-hydrogen) atoms. The van der Waals surface area contributed by atoms with Gasteiger partial charge in [-0.2, -0.15) is 0 Å². The Kier molecular flexibility index (Phi) is 4.90. The van der Waals surface area contributed by atoms with Gasteiger partial charge >= 0.3 is 0 Å². The van der Waals surface area contributed by atoms with Crippen LogP contribution in [0.15, 0.2) is 82.3 Å². The summed E-state index contributed by atoms with van der Waals surface area (Å²) in [6.45, 7) is 2.55. The summed E-state index contributed by atoms with van der Waals surface area (Å²) in [5.41, 5.74) is 1.65. The van der Waals surface area contributed by atoms with E-state index in [2.05, 4.69) is 4.98 Å². The maximum absolute atomic E-state index is 6.12. The molecule has 0 fully saturated rings. The fourth-order valence-electron chi connectivity index (χ4n) is 2.80.